The third kappa shape index (κ3) is 4.13. The number of hydrogen-bond donors (Lipinski definition) is 1. The lowest BCUT2D eigenvalue weighted by Crippen LogP contribution is -2.44. The van der Waals surface area contributed by atoms with E-state index in [0.717, 1.165) is 37.6 Å². The van der Waals surface area contributed by atoms with Crippen molar-refractivity contribution in [1.29, 1.82) is 0 Å². The molecule has 0 bridgehead atoms. The molecule has 1 aromatic heterocycles. The second-order valence-electron chi connectivity index (χ2n) is 4.84. The van der Waals surface area contributed by atoms with Crippen LogP contribution in [0, 0.1) is 0 Å². The first kappa shape index (κ1) is 13.1. The van der Waals surface area contributed by atoms with Crippen molar-refractivity contribution >= 4 is 5.82 Å². The second-order valence-corrected chi connectivity index (χ2v) is 4.84. The van der Waals surface area contributed by atoms with E-state index >= 15 is 0 Å². The highest BCUT2D eigenvalue weighted by Gasteiger charge is 2.13. The summed E-state index contributed by atoms with van der Waals surface area (Å²) in [7, 11) is 2.18. The fraction of sp³-hybridized carbons (Fsp3) is 0.500. The molecule has 0 unspecified atom stereocenters. The molecule has 0 amide bonds. The maximum atomic E-state index is 4.23. The Morgan fingerprint density at radius 1 is 1.33 bits per heavy atom. The Morgan fingerprint density at radius 2 is 2.11 bits per heavy atom. The van der Waals surface area contributed by atoms with Gasteiger partial charge in [0.25, 0.3) is 0 Å². The van der Waals surface area contributed by atoms with E-state index in [2.05, 4.69) is 33.7 Å². The summed E-state index contributed by atoms with van der Waals surface area (Å²) >= 11 is 0. The molecule has 1 aliphatic heterocycles. The highest BCUT2D eigenvalue weighted by atomic mass is 15.2. The van der Waals surface area contributed by atoms with Gasteiger partial charge in [-0.25, -0.2) is 4.98 Å². The van der Waals surface area contributed by atoms with E-state index in [-0.39, 0.29) is 0 Å². The average molecular weight is 246 g/mol. The largest absolute Gasteiger partial charge is 0.344 e. The molecule has 1 aliphatic rings. The Labute approximate surface area is 109 Å². The van der Waals surface area contributed by atoms with Crippen LogP contribution in [0.4, 0.5) is 5.82 Å². The Hall–Kier alpha value is -1.39. The summed E-state index contributed by atoms with van der Waals surface area (Å²) in [5, 5.41) is 3.25. The predicted molar refractivity (Wildman–Crippen MR) is 75.6 cm³/mol. The monoisotopic (exact) mass is 246 g/mol. The smallest absolute Gasteiger partial charge is 0.130 e. The van der Waals surface area contributed by atoms with E-state index in [9.17, 15) is 0 Å². The molecule has 1 aromatic rings. The van der Waals surface area contributed by atoms with E-state index in [1.807, 2.05) is 18.2 Å². The topological polar surface area (TPSA) is 31.4 Å². The summed E-state index contributed by atoms with van der Waals surface area (Å²) in [6.45, 7) is 9.79. The molecule has 2 heterocycles. The Balaban J connectivity index is 1.69. The number of aromatic nitrogens is 1. The standard InChI is InChI=1S/C14H22N4/c1-13(16-14-5-3-4-7-15-14)6-8-18-11-9-17(2)10-12-18/h3-5,7H,1,6,8-12H2,2H3,(H,15,16). The van der Waals surface area contributed by atoms with Crippen molar-refractivity contribution < 1.29 is 0 Å². The van der Waals surface area contributed by atoms with Gasteiger partial charge in [0.1, 0.15) is 5.82 Å². The molecule has 4 nitrogen and oxygen atoms in total. The molecule has 0 radical (unpaired) electrons. The van der Waals surface area contributed by atoms with Crippen molar-refractivity contribution in [2.75, 3.05) is 45.1 Å². The van der Waals surface area contributed by atoms with Gasteiger partial charge in [0.2, 0.25) is 0 Å². The Kier molecular flexibility index (Phi) is 4.73. The van der Waals surface area contributed by atoms with Crippen LogP contribution in [-0.2, 0) is 0 Å². The molecule has 98 valence electrons. The van der Waals surface area contributed by atoms with E-state index in [0.29, 0.717) is 0 Å². The number of piperazine rings is 1. The SMILES string of the molecule is C=C(CCN1CCN(C)CC1)Nc1ccccn1. The summed E-state index contributed by atoms with van der Waals surface area (Å²) in [6, 6.07) is 5.85. The van der Waals surface area contributed by atoms with E-state index < -0.39 is 0 Å². The number of likely N-dealkylation sites (N-methyl/N-ethyl adjacent to an activating group) is 1. The molecule has 0 saturated carbocycles. The highest BCUT2D eigenvalue weighted by molar-refractivity contribution is 5.39. The summed E-state index contributed by atoms with van der Waals surface area (Å²) in [6.07, 6.45) is 2.76. The number of hydrogen-bond acceptors (Lipinski definition) is 4. The molecular weight excluding hydrogens is 224 g/mol. The van der Waals surface area contributed by atoms with Gasteiger partial charge >= 0.3 is 0 Å². The van der Waals surface area contributed by atoms with Crippen molar-refractivity contribution in [3.8, 4) is 0 Å². The number of rotatable bonds is 5. The number of nitrogens with zero attached hydrogens (tertiary/aromatic N) is 3. The summed E-state index contributed by atoms with van der Waals surface area (Å²) in [5.74, 6) is 0.876. The van der Waals surface area contributed by atoms with Gasteiger partial charge in [0.15, 0.2) is 0 Å². The van der Waals surface area contributed by atoms with Gasteiger partial charge in [-0.15, -0.1) is 0 Å². The van der Waals surface area contributed by atoms with Crippen molar-refractivity contribution in [2.24, 2.45) is 0 Å². The number of nitrogens with one attached hydrogen (secondary N) is 1. The van der Waals surface area contributed by atoms with Gasteiger partial charge in [-0.2, -0.15) is 0 Å². The second kappa shape index (κ2) is 6.52. The molecule has 4 heteroatoms. The molecular formula is C14H22N4. The molecule has 18 heavy (non-hydrogen) atoms. The third-order valence-corrected chi connectivity index (χ3v) is 3.30. The third-order valence-electron chi connectivity index (χ3n) is 3.30. The van der Waals surface area contributed by atoms with E-state index in [1.165, 1.54) is 13.1 Å². The molecule has 0 aromatic carbocycles. The first-order chi connectivity index (χ1) is 8.74. The normalized spacial score (nSPS) is 17.6. The van der Waals surface area contributed by atoms with Crippen LogP contribution in [0.5, 0.6) is 0 Å². The van der Waals surface area contributed by atoms with Crippen molar-refractivity contribution in [2.45, 2.75) is 6.42 Å². The zero-order chi connectivity index (χ0) is 12.8. The van der Waals surface area contributed by atoms with Crippen LogP contribution in [0.25, 0.3) is 0 Å². The van der Waals surface area contributed by atoms with Crippen LogP contribution >= 0.6 is 0 Å². The molecule has 1 N–H and O–H groups in total. The summed E-state index contributed by atoms with van der Waals surface area (Å²) in [4.78, 5) is 9.10. The van der Waals surface area contributed by atoms with Crippen LogP contribution in [0.2, 0.25) is 0 Å². The lowest BCUT2D eigenvalue weighted by molar-refractivity contribution is 0.155. The minimum absolute atomic E-state index is 0.876. The lowest BCUT2D eigenvalue weighted by Gasteiger charge is -2.32. The molecule has 0 atom stereocenters. The van der Waals surface area contributed by atoms with Crippen molar-refractivity contribution in [1.82, 2.24) is 14.8 Å². The summed E-state index contributed by atoms with van der Waals surface area (Å²) in [5.41, 5.74) is 1.03. The average Bonchev–Trinajstić information content (AvgIpc) is 2.39. The molecule has 1 fully saturated rings. The van der Waals surface area contributed by atoms with Crippen LogP contribution in [0.15, 0.2) is 36.7 Å². The fourth-order valence-electron chi connectivity index (χ4n) is 2.04. The van der Waals surface area contributed by atoms with E-state index in [4.69, 9.17) is 0 Å². The van der Waals surface area contributed by atoms with Crippen molar-refractivity contribution in [3.05, 3.63) is 36.7 Å². The number of anilines is 1. The molecule has 0 aliphatic carbocycles. The van der Waals surface area contributed by atoms with Gasteiger partial charge in [-0.3, -0.25) is 0 Å². The first-order valence-corrected chi connectivity index (χ1v) is 6.51. The quantitative estimate of drug-likeness (QED) is 0.856. The minimum Gasteiger partial charge on any atom is -0.344 e. The van der Waals surface area contributed by atoms with Gasteiger partial charge < -0.3 is 15.1 Å². The zero-order valence-corrected chi connectivity index (χ0v) is 11.1. The lowest BCUT2D eigenvalue weighted by atomic mass is 10.2. The maximum absolute atomic E-state index is 4.23. The van der Waals surface area contributed by atoms with Gasteiger partial charge in [-0.1, -0.05) is 12.6 Å². The predicted octanol–water partition coefficient (Wildman–Crippen LogP) is 1.64. The van der Waals surface area contributed by atoms with Gasteiger partial charge in [0.05, 0.1) is 0 Å². The fourth-order valence-corrected chi connectivity index (χ4v) is 2.04. The molecule has 2 rings (SSSR count). The Bertz CT molecular complexity index is 369. The van der Waals surface area contributed by atoms with Gasteiger partial charge in [-0.05, 0) is 25.6 Å². The molecule has 0 spiro atoms. The van der Waals surface area contributed by atoms with Crippen LogP contribution < -0.4 is 5.32 Å². The van der Waals surface area contributed by atoms with Crippen LogP contribution in [0.3, 0.4) is 0 Å². The van der Waals surface area contributed by atoms with E-state index in [1.54, 1.807) is 6.20 Å². The zero-order valence-electron chi connectivity index (χ0n) is 11.1. The maximum Gasteiger partial charge on any atom is 0.130 e. The van der Waals surface area contributed by atoms with Crippen LogP contribution in [-0.4, -0.2) is 54.6 Å². The van der Waals surface area contributed by atoms with Crippen LogP contribution in [0.1, 0.15) is 6.42 Å². The number of pyridine rings is 1. The molecule has 1 saturated heterocycles. The van der Waals surface area contributed by atoms with Gasteiger partial charge in [0, 0.05) is 44.6 Å². The van der Waals surface area contributed by atoms with Crippen molar-refractivity contribution in [3.63, 3.8) is 0 Å². The first-order valence-electron chi connectivity index (χ1n) is 6.51. The summed E-state index contributed by atoms with van der Waals surface area (Å²) < 4.78 is 0. The minimum atomic E-state index is 0.876. The highest BCUT2D eigenvalue weighted by Crippen LogP contribution is 2.08. The Morgan fingerprint density at radius 3 is 2.78 bits per heavy atom.